The van der Waals surface area contributed by atoms with Crippen molar-refractivity contribution in [2.24, 2.45) is 5.92 Å². The molecule has 1 N–H and O–H groups in total. The first-order valence-corrected chi connectivity index (χ1v) is 10.2. The van der Waals surface area contributed by atoms with Crippen LogP contribution in [0.4, 0.5) is 0 Å². The number of piperidine rings is 1. The van der Waals surface area contributed by atoms with Gasteiger partial charge in [0.05, 0.1) is 0 Å². The second-order valence-electron chi connectivity index (χ2n) is 7.64. The molecule has 3 rings (SSSR count). The summed E-state index contributed by atoms with van der Waals surface area (Å²) in [5, 5.41) is 2.89. The standard InChI is InChI=1S/C23H29N3O2/c1-3-17(2)25-22(27)21-16-20(9-12-24-21)23(28)26-13-10-19(11-14-26)15-18-7-5-4-6-8-18/h4-9,12,16-17,19H,3,10-11,13-15H2,1-2H3,(H,25,27). The van der Waals surface area contributed by atoms with E-state index in [0.29, 0.717) is 17.2 Å². The zero-order valence-corrected chi connectivity index (χ0v) is 16.7. The van der Waals surface area contributed by atoms with Crippen LogP contribution >= 0.6 is 0 Å². The average molecular weight is 380 g/mol. The highest BCUT2D eigenvalue weighted by atomic mass is 16.2. The van der Waals surface area contributed by atoms with Gasteiger partial charge >= 0.3 is 0 Å². The minimum absolute atomic E-state index is 0.0156. The molecule has 1 aromatic heterocycles. The van der Waals surface area contributed by atoms with Crippen molar-refractivity contribution in [2.45, 2.75) is 45.6 Å². The van der Waals surface area contributed by atoms with Crippen molar-refractivity contribution in [1.82, 2.24) is 15.2 Å². The number of nitrogens with one attached hydrogen (secondary N) is 1. The highest BCUT2D eigenvalue weighted by Gasteiger charge is 2.24. The van der Waals surface area contributed by atoms with Gasteiger partial charge in [-0.1, -0.05) is 37.3 Å². The third kappa shape index (κ3) is 5.18. The van der Waals surface area contributed by atoms with Crippen LogP contribution in [0.2, 0.25) is 0 Å². The lowest BCUT2D eigenvalue weighted by Gasteiger charge is -2.32. The maximum atomic E-state index is 12.9. The van der Waals surface area contributed by atoms with E-state index in [0.717, 1.165) is 38.8 Å². The van der Waals surface area contributed by atoms with E-state index in [9.17, 15) is 9.59 Å². The molecular weight excluding hydrogens is 350 g/mol. The van der Waals surface area contributed by atoms with Crippen LogP contribution in [-0.2, 0) is 6.42 Å². The number of pyridine rings is 1. The molecule has 1 aliphatic heterocycles. The molecule has 1 unspecified atom stereocenters. The van der Waals surface area contributed by atoms with Crippen LogP contribution in [0.1, 0.15) is 59.5 Å². The summed E-state index contributed by atoms with van der Waals surface area (Å²) in [5.41, 5.74) is 2.19. The average Bonchev–Trinajstić information content (AvgIpc) is 2.74. The van der Waals surface area contributed by atoms with Gasteiger partial charge in [0.1, 0.15) is 5.69 Å². The number of carbonyl (C=O) groups is 2. The van der Waals surface area contributed by atoms with Crippen molar-refractivity contribution >= 4 is 11.8 Å². The second-order valence-corrected chi connectivity index (χ2v) is 7.64. The number of carbonyl (C=O) groups excluding carboxylic acids is 2. The van der Waals surface area contributed by atoms with Gasteiger partial charge in [0.2, 0.25) is 0 Å². The Morgan fingerprint density at radius 2 is 1.89 bits per heavy atom. The zero-order valence-electron chi connectivity index (χ0n) is 16.7. The third-order valence-corrected chi connectivity index (χ3v) is 5.50. The first kappa shape index (κ1) is 20.1. The molecule has 1 aliphatic rings. The number of nitrogens with zero attached hydrogens (tertiary/aromatic N) is 2. The Morgan fingerprint density at radius 3 is 2.57 bits per heavy atom. The molecule has 2 amide bonds. The van der Waals surface area contributed by atoms with Crippen molar-refractivity contribution in [3.05, 3.63) is 65.5 Å². The Hall–Kier alpha value is -2.69. The first-order chi connectivity index (χ1) is 13.6. The Morgan fingerprint density at radius 1 is 1.18 bits per heavy atom. The van der Waals surface area contributed by atoms with E-state index in [1.54, 1.807) is 18.3 Å². The molecule has 1 fully saturated rings. The summed E-state index contributed by atoms with van der Waals surface area (Å²) in [7, 11) is 0. The minimum atomic E-state index is -0.231. The number of likely N-dealkylation sites (tertiary alicyclic amines) is 1. The number of hydrogen-bond donors (Lipinski definition) is 1. The van der Waals surface area contributed by atoms with Gasteiger partial charge in [-0.25, -0.2) is 0 Å². The second kappa shape index (κ2) is 9.49. The van der Waals surface area contributed by atoms with Crippen LogP contribution in [0.5, 0.6) is 0 Å². The third-order valence-electron chi connectivity index (χ3n) is 5.50. The van der Waals surface area contributed by atoms with Gasteiger partial charge in [-0.3, -0.25) is 14.6 Å². The van der Waals surface area contributed by atoms with Crippen molar-refractivity contribution < 1.29 is 9.59 Å². The molecule has 5 nitrogen and oxygen atoms in total. The van der Waals surface area contributed by atoms with Gasteiger partial charge in [-0.15, -0.1) is 0 Å². The number of rotatable bonds is 6. The van der Waals surface area contributed by atoms with Crippen LogP contribution in [-0.4, -0.2) is 40.8 Å². The largest absolute Gasteiger partial charge is 0.348 e. The van der Waals surface area contributed by atoms with Crippen LogP contribution < -0.4 is 5.32 Å². The van der Waals surface area contributed by atoms with E-state index in [1.165, 1.54) is 5.56 Å². The SMILES string of the molecule is CCC(C)NC(=O)c1cc(C(=O)N2CCC(Cc3ccccc3)CC2)ccn1. The van der Waals surface area contributed by atoms with Gasteiger partial charge in [0, 0.05) is 30.9 Å². The lowest BCUT2D eigenvalue weighted by molar-refractivity contribution is 0.0690. The quantitative estimate of drug-likeness (QED) is 0.832. The summed E-state index contributed by atoms with van der Waals surface area (Å²) in [6, 6.07) is 13.9. The molecule has 2 aromatic rings. The van der Waals surface area contributed by atoms with Crippen molar-refractivity contribution in [3.63, 3.8) is 0 Å². The molecule has 0 spiro atoms. The fourth-order valence-corrected chi connectivity index (χ4v) is 3.56. The normalized spacial score (nSPS) is 15.9. The molecule has 0 saturated carbocycles. The predicted octanol–water partition coefficient (Wildman–Crippen LogP) is 3.70. The number of benzene rings is 1. The summed E-state index contributed by atoms with van der Waals surface area (Å²) in [5.74, 6) is 0.365. The van der Waals surface area contributed by atoms with Crippen molar-refractivity contribution in [1.29, 1.82) is 0 Å². The molecule has 2 heterocycles. The molecule has 1 saturated heterocycles. The monoisotopic (exact) mass is 379 g/mol. The predicted molar refractivity (Wildman–Crippen MR) is 110 cm³/mol. The van der Waals surface area contributed by atoms with Crippen LogP contribution in [0.3, 0.4) is 0 Å². The van der Waals surface area contributed by atoms with Crippen molar-refractivity contribution in [2.75, 3.05) is 13.1 Å². The highest BCUT2D eigenvalue weighted by molar-refractivity contribution is 5.98. The zero-order chi connectivity index (χ0) is 19.9. The van der Waals surface area contributed by atoms with E-state index in [-0.39, 0.29) is 17.9 Å². The summed E-state index contributed by atoms with van der Waals surface area (Å²) >= 11 is 0. The highest BCUT2D eigenvalue weighted by Crippen LogP contribution is 2.23. The molecule has 1 aromatic carbocycles. The van der Waals surface area contributed by atoms with E-state index >= 15 is 0 Å². The van der Waals surface area contributed by atoms with E-state index in [1.807, 2.05) is 24.8 Å². The molecule has 0 bridgehead atoms. The summed E-state index contributed by atoms with van der Waals surface area (Å²) < 4.78 is 0. The van der Waals surface area contributed by atoms with Gasteiger partial charge in [0.15, 0.2) is 0 Å². The molecule has 5 heteroatoms. The molecule has 0 radical (unpaired) electrons. The van der Waals surface area contributed by atoms with E-state index < -0.39 is 0 Å². The lowest BCUT2D eigenvalue weighted by atomic mass is 9.90. The van der Waals surface area contributed by atoms with Gasteiger partial charge in [-0.05, 0) is 56.2 Å². The molecule has 0 aliphatic carbocycles. The van der Waals surface area contributed by atoms with Gasteiger partial charge in [0.25, 0.3) is 11.8 Å². The fourth-order valence-electron chi connectivity index (χ4n) is 3.56. The van der Waals surface area contributed by atoms with Crippen LogP contribution in [0.15, 0.2) is 48.7 Å². The first-order valence-electron chi connectivity index (χ1n) is 10.2. The molecule has 148 valence electrons. The number of aromatic nitrogens is 1. The summed E-state index contributed by atoms with van der Waals surface area (Å²) in [6.45, 7) is 5.48. The summed E-state index contributed by atoms with van der Waals surface area (Å²) in [6.07, 6.45) is 5.47. The lowest BCUT2D eigenvalue weighted by Crippen LogP contribution is -2.39. The topological polar surface area (TPSA) is 62.3 Å². The Bertz CT molecular complexity index is 799. The van der Waals surface area contributed by atoms with Gasteiger partial charge < -0.3 is 10.2 Å². The van der Waals surface area contributed by atoms with Crippen LogP contribution in [0.25, 0.3) is 0 Å². The van der Waals surface area contributed by atoms with Gasteiger partial charge in [-0.2, -0.15) is 0 Å². The number of amides is 2. The maximum Gasteiger partial charge on any atom is 0.270 e. The van der Waals surface area contributed by atoms with E-state index in [2.05, 4.69) is 34.6 Å². The maximum absolute atomic E-state index is 12.9. The smallest absolute Gasteiger partial charge is 0.270 e. The Kier molecular flexibility index (Phi) is 6.80. The Labute approximate surface area is 167 Å². The minimum Gasteiger partial charge on any atom is -0.348 e. The fraction of sp³-hybridized carbons (Fsp3) is 0.435. The van der Waals surface area contributed by atoms with Crippen LogP contribution in [0, 0.1) is 5.92 Å². The summed E-state index contributed by atoms with van der Waals surface area (Å²) in [4.78, 5) is 31.2. The molecular formula is C23H29N3O2. The van der Waals surface area contributed by atoms with Crippen molar-refractivity contribution in [3.8, 4) is 0 Å². The van der Waals surface area contributed by atoms with E-state index in [4.69, 9.17) is 0 Å². The molecule has 1 atom stereocenters. The molecule has 28 heavy (non-hydrogen) atoms. The Balaban J connectivity index is 1.57. The number of hydrogen-bond acceptors (Lipinski definition) is 3.